The number of rotatable bonds is 4. The molecule has 7 nitrogen and oxygen atoms in total. The molecule has 0 aromatic heterocycles. The standard InChI is InChI=1S/C20H27N3O4/c1-13-4-10-16(11-5-13)23-12-2-3-17(18(23)24)22-20(27)21-15-8-6-14(7-9-15)19(25)26/h4-5,10-11,14-15,17H,2-3,6-9,12H2,1H3,(H,25,26)(H2,21,22,27). The summed E-state index contributed by atoms with van der Waals surface area (Å²) in [4.78, 5) is 37.8. The van der Waals surface area contributed by atoms with E-state index >= 15 is 0 Å². The van der Waals surface area contributed by atoms with Gasteiger partial charge in [-0.25, -0.2) is 4.79 Å². The van der Waals surface area contributed by atoms with E-state index in [-0.39, 0.29) is 23.9 Å². The monoisotopic (exact) mass is 373 g/mol. The van der Waals surface area contributed by atoms with Gasteiger partial charge in [0.2, 0.25) is 5.91 Å². The molecule has 3 amide bonds. The van der Waals surface area contributed by atoms with Crippen LogP contribution in [0.15, 0.2) is 24.3 Å². The van der Waals surface area contributed by atoms with Gasteiger partial charge in [0.1, 0.15) is 6.04 Å². The van der Waals surface area contributed by atoms with Crippen molar-refractivity contribution in [3.63, 3.8) is 0 Å². The lowest BCUT2D eigenvalue weighted by molar-refractivity contribution is -0.142. The average Bonchev–Trinajstić information content (AvgIpc) is 2.65. The van der Waals surface area contributed by atoms with Gasteiger partial charge in [0, 0.05) is 18.3 Å². The molecule has 1 aromatic rings. The fourth-order valence-electron chi connectivity index (χ4n) is 3.86. The summed E-state index contributed by atoms with van der Waals surface area (Å²) in [6, 6.07) is 6.88. The maximum atomic E-state index is 12.8. The molecule has 3 rings (SSSR count). The van der Waals surface area contributed by atoms with E-state index in [0.717, 1.165) is 17.7 Å². The van der Waals surface area contributed by atoms with Crippen molar-refractivity contribution in [1.82, 2.24) is 10.6 Å². The van der Waals surface area contributed by atoms with Crippen LogP contribution in [0.4, 0.5) is 10.5 Å². The molecule has 0 radical (unpaired) electrons. The Morgan fingerprint density at radius 2 is 1.70 bits per heavy atom. The van der Waals surface area contributed by atoms with Crippen molar-refractivity contribution in [2.45, 2.75) is 57.5 Å². The van der Waals surface area contributed by atoms with Gasteiger partial charge in [0.15, 0.2) is 0 Å². The summed E-state index contributed by atoms with van der Waals surface area (Å²) < 4.78 is 0. The highest BCUT2D eigenvalue weighted by atomic mass is 16.4. The van der Waals surface area contributed by atoms with Gasteiger partial charge in [-0.3, -0.25) is 9.59 Å². The third-order valence-corrected chi connectivity index (χ3v) is 5.50. The number of carbonyl (C=O) groups excluding carboxylic acids is 2. The number of carbonyl (C=O) groups is 3. The molecule has 1 unspecified atom stereocenters. The number of hydrogen-bond acceptors (Lipinski definition) is 3. The molecule has 2 aliphatic rings. The summed E-state index contributed by atoms with van der Waals surface area (Å²) >= 11 is 0. The smallest absolute Gasteiger partial charge is 0.315 e. The molecule has 146 valence electrons. The number of hydrogen-bond donors (Lipinski definition) is 3. The van der Waals surface area contributed by atoms with Crippen LogP contribution in [0.25, 0.3) is 0 Å². The normalized spacial score (nSPS) is 25.7. The summed E-state index contributed by atoms with van der Waals surface area (Å²) in [5.74, 6) is -1.16. The van der Waals surface area contributed by atoms with Crippen molar-refractivity contribution in [3.8, 4) is 0 Å². The number of nitrogens with one attached hydrogen (secondary N) is 2. The number of aliphatic carboxylic acids is 1. The molecule has 1 aliphatic heterocycles. The van der Waals surface area contributed by atoms with Gasteiger partial charge < -0.3 is 20.6 Å². The topological polar surface area (TPSA) is 98.7 Å². The van der Waals surface area contributed by atoms with Crippen LogP contribution in [0.3, 0.4) is 0 Å². The molecular weight excluding hydrogens is 346 g/mol. The van der Waals surface area contributed by atoms with Crippen molar-refractivity contribution in [2.75, 3.05) is 11.4 Å². The number of anilines is 1. The van der Waals surface area contributed by atoms with E-state index in [4.69, 9.17) is 5.11 Å². The van der Waals surface area contributed by atoms with Crippen LogP contribution in [-0.2, 0) is 9.59 Å². The quantitative estimate of drug-likeness (QED) is 0.755. The minimum Gasteiger partial charge on any atom is -0.481 e. The SMILES string of the molecule is Cc1ccc(N2CCCC(NC(=O)NC3CCC(C(=O)O)CC3)C2=O)cc1. The van der Waals surface area contributed by atoms with Crippen LogP contribution >= 0.6 is 0 Å². The first-order valence-corrected chi connectivity index (χ1v) is 9.62. The lowest BCUT2D eigenvalue weighted by atomic mass is 9.86. The second kappa shape index (κ2) is 8.41. The first-order chi connectivity index (χ1) is 12.9. The molecule has 0 bridgehead atoms. The lowest BCUT2D eigenvalue weighted by Crippen LogP contribution is -2.55. The van der Waals surface area contributed by atoms with Crippen molar-refractivity contribution in [2.24, 2.45) is 5.92 Å². The zero-order valence-electron chi connectivity index (χ0n) is 15.6. The second-order valence-electron chi connectivity index (χ2n) is 7.52. The largest absolute Gasteiger partial charge is 0.481 e. The maximum Gasteiger partial charge on any atom is 0.315 e. The fourth-order valence-corrected chi connectivity index (χ4v) is 3.86. The fraction of sp³-hybridized carbons (Fsp3) is 0.550. The maximum absolute atomic E-state index is 12.8. The number of aryl methyl sites for hydroxylation is 1. The van der Waals surface area contributed by atoms with Crippen molar-refractivity contribution in [1.29, 1.82) is 0 Å². The first kappa shape index (κ1) is 19.2. The molecule has 1 saturated carbocycles. The van der Waals surface area contributed by atoms with Crippen LogP contribution < -0.4 is 15.5 Å². The molecule has 3 N–H and O–H groups in total. The van der Waals surface area contributed by atoms with Crippen molar-refractivity contribution in [3.05, 3.63) is 29.8 Å². The van der Waals surface area contributed by atoms with Gasteiger partial charge in [0.05, 0.1) is 5.92 Å². The van der Waals surface area contributed by atoms with E-state index in [1.807, 2.05) is 31.2 Å². The minimum absolute atomic E-state index is 0.0347. The van der Waals surface area contributed by atoms with E-state index in [2.05, 4.69) is 10.6 Å². The number of nitrogens with zero attached hydrogens (tertiary/aromatic N) is 1. The van der Waals surface area contributed by atoms with Gasteiger partial charge in [-0.05, 0) is 57.6 Å². The molecule has 1 aliphatic carbocycles. The zero-order chi connectivity index (χ0) is 19.4. The van der Waals surface area contributed by atoms with E-state index in [1.54, 1.807) is 4.90 Å². The number of carboxylic acid groups (broad SMARTS) is 1. The predicted octanol–water partition coefficient (Wildman–Crippen LogP) is 2.43. The highest BCUT2D eigenvalue weighted by molar-refractivity contribution is 5.99. The third kappa shape index (κ3) is 4.78. The number of urea groups is 1. The summed E-state index contributed by atoms with van der Waals surface area (Å²) in [6.45, 7) is 2.65. The average molecular weight is 373 g/mol. The van der Waals surface area contributed by atoms with Crippen molar-refractivity contribution >= 4 is 23.6 Å². The predicted molar refractivity (Wildman–Crippen MR) is 102 cm³/mol. The number of benzene rings is 1. The van der Waals surface area contributed by atoms with Gasteiger partial charge >= 0.3 is 12.0 Å². The van der Waals surface area contributed by atoms with Crippen molar-refractivity contribution < 1.29 is 19.5 Å². The molecule has 1 aromatic carbocycles. The van der Waals surface area contributed by atoms with Crippen LogP contribution in [0, 0.1) is 12.8 Å². The Kier molecular flexibility index (Phi) is 5.98. The Labute approximate surface area is 159 Å². The zero-order valence-corrected chi connectivity index (χ0v) is 15.6. The molecule has 1 saturated heterocycles. The van der Waals surface area contributed by atoms with Gasteiger partial charge in [-0.2, -0.15) is 0 Å². The highest BCUT2D eigenvalue weighted by Crippen LogP contribution is 2.25. The van der Waals surface area contributed by atoms with Crippen LogP contribution in [0.1, 0.15) is 44.1 Å². The molecule has 1 heterocycles. The molecule has 1 atom stereocenters. The van der Waals surface area contributed by atoms with Crippen LogP contribution in [0.2, 0.25) is 0 Å². The van der Waals surface area contributed by atoms with E-state index in [1.165, 1.54) is 0 Å². The molecule has 27 heavy (non-hydrogen) atoms. The summed E-state index contributed by atoms with van der Waals surface area (Å²) in [6.07, 6.45) is 3.90. The number of carboxylic acids is 1. The first-order valence-electron chi connectivity index (χ1n) is 9.62. The Hall–Kier alpha value is -2.57. The Morgan fingerprint density at radius 1 is 1.04 bits per heavy atom. The Balaban J connectivity index is 1.52. The second-order valence-corrected chi connectivity index (χ2v) is 7.52. The molecule has 7 heteroatoms. The Morgan fingerprint density at radius 3 is 2.33 bits per heavy atom. The van der Waals surface area contributed by atoms with E-state index in [9.17, 15) is 14.4 Å². The number of piperidine rings is 1. The molecular formula is C20H27N3O4. The van der Waals surface area contributed by atoms with Gasteiger partial charge in [0.25, 0.3) is 0 Å². The summed E-state index contributed by atoms with van der Waals surface area (Å²) in [5.41, 5.74) is 1.99. The highest BCUT2D eigenvalue weighted by Gasteiger charge is 2.32. The lowest BCUT2D eigenvalue weighted by Gasteiger charge is -2.33. The van der Waals surface area contributed by atoms with Gasteiger partial charge in [-0.15, -0.1) is 0 Å². The number of amides is 3. The van der Waals surface area contributed by atoms with Gasteiger partial charge in [-0.1, -0.05) is 17.7 Å². The van der Waals surface area contributed by atoms with E-state index in [0.29, 0.717) is 38.6 Å². The molecule has 2 fully saturated rings. The Bertz CT molecular complexity index is 696. The van der Waals surface area contributed by atoms with Crippen LogP contribution in [0.5, 0.6) is 0 Å². The molecule has 0 spiro atoms. The summed E-state index contributed by atoms with van der Waals surface area (Å²) in [5, 5.41) is 14.7. The van der Waals surface area contributed by atoms with E-state index < -0.39 is 12.0 Å². The minimum atomic E-state index is -0.762. The van der Waals surface area contributed by atoms with Crippen LogP contribution in [-0.4, -0.2) is 41.6 Å². The third-order valence-electron chi connectivity index (χ3n) is 5.50. The summed E-state index contributed by atoms with van der Waals surface area (Å²) in [7, 11) is 0.